The minimum absolute atomic E-state index is 0.158. The van der Waals surface area contributed by atoms with Crippen LogP contribution in [0.15, 0.2) is 0 Å². The largest absolute Gasteiger partial charge is 0.481 e. The maximum absolute atomic E-state index is 13.0. The van der Waals surface area contributed by atoms with Crippen molar-refractivity contribution in [1.29, 1.82) is 0 Å². The third kappa shape index (κ3) is 7.99. The molecule has 176 valence electrons. The van der Waals surface area contributed by atoms with Crippen LogP contribution in [-0.2, 0) is 24.0 Å². The highest BCUT2D eigenvalue weighted by Gasteiger charge is 2.40. The Morgan fingerprint density at radius 3 is 2.35 bits per heavy atom. The van der Waals surface area contributed by atoms with Gasteiger partial charge in [-0.15, -0.1) is 0 Å². The zero-order valence-electron chi connectivity index (χ0n) is 17.4. The van der Waals surface area contributed by atoms with Crippen LogP contribution in [0.4, 0.5) is 0 Å². The van der Waals surface area contributed by atoms with E-state index < -0.39 is 66.4 Å². The molecule has 0 aromatic carbocycles. The number of thioether (sulfide) groups is 1. The van der Waals surface area contributed by atoms with Gasteiger partial charge in [0.1, 0.15) is 18.1 Å². The number of carboxylic acid groups (broad SMARTS) is 2. The molecular formula is C18H30N4O8S. The molecular weight excluding hydrogens is 432 g/mol. The van der Waals surface area contributed by atoms with Crippen molar-refractivity contribution < 1.29 is 39.3 Å². The number of carbonyl (C=O) groups is 5. The Morgan fingerprint density at radius 2 is 1.84 bits per heavy atom. The molecule has 12 nitrogen and oxygen atoms in total. The first-order valence-corrected chi connectivity index (χ1v) is 11.2. The second-order valence-electron chi connectivity index (χ2n) is 7.30. The first kappa shape index (κ1) is 26.7. The molecule has 0 radical (unpaired) electrons. The van der Waals surface area contributed by atoms with E-state index in [1.54, 1.807) is 0 Å². The number of nitrogens with zero attached hydrogens (tertiary/aromatic N) is 1. The second-order valence-corrected chi connectivity index (χ2v) is 8.29. The van der Waals surface area contributed by atoms with E-state index in [-0.39, 0.29) is 13.0 Å². The molecule has 5 atom stereocenters. The highest BCUT2D eigenvalue weighted by molar-refractivity contribution is 7.98. The number of hydrogen-bond donors (Lipinski definition) is 6. The lowest BCUT2D eigenvalue weighted by atomic mass is 10.1. The number of rotatable bonds is 12. The van der Waals surface area contributed by atoms with E-state index in [1.807, 2.05) is 6.26 Å². The van der Waals surface area contributed by atoms with Crippen LogP contribution in [0.25, 0.3) is 0 Å². The van der Waals surface area contributed by atoms with Gasteiger partial charge in [-0.2, -0.15) is 11.8 Å². The molecule has 0 bridgehead atoms. The topological polar surface area (TPSA) is 199 Å². The van der Waals surface area contributed by atoms with Gasteiger partial charge in [0.05, 0.1) is 18.6 Å². The van der Waals surface area contributed by atoms with Gasteiger partial charge in [-0.05, 0) is 38.2 Å². The number of aliphatic carboxylic acids is 2. The molecule has 7 N–H and O–H groups in total. The molecule has 0 aromatic rings. The zero-order chi connectivity index (χ0) is 23.7. The van der Waals surface area contributed by atoms with Gasteiger partial charge in [0, 0.05) is 6.54 Å². The van der Waals surface area contributed by atoms with E-state index in [2.05, 4.69) is 10.6 Å². The zero-order valence-corrected chi connectivity index (χ0v) is 18.3. The maximum Gasteiger partial charge on any atom is 0.326 e. The third-order valence-electron chi connectivity index (χ3n) is 4.85. The average Bonchev–Trinajstić information content (AvgIpc) is 3.18. The predicted octanol–water partition coefficient (Wildman–Crippen LogP) is -2.03. The summed E-state index contributed by atoms with van der Waals surface area (Å²) in [5, 5.41) is 32.5. The summed E-state index contributed by atoms with van der Waals surface area (Å²) in [5.41, 5.74) is 5.80. The Morgan fingerprint density at radius 1 is 1.19 bits per heavy atom. The van der Waals surface area contributed by atoms with Crippen LogP contribution in [-0.4, -0.2) is 98.7 Å². The van der Waals surface area contributed by atoms with Gasteiger partial charge in [0.25, 0.3) is 0 Å². The smallest absolute Gasteiger partial charge is 0.326 e. The molecule has 0 spiro atoms. The molecule has 0 aromatic heterocycles. The number of hydrogen-bond acceptors (Lipinski definition) is 8. The number of carboxylic acids is 2. The molecule has 5 unspecified atom stereocenters. The first-order chi connectivity index (χ1) is 14.5. The normalized spacial score (nSPS) is 19.7. The molecule has 0 aliphatic carbocycles. The van der Waals surface area contributed by atoms with Gasteiger partial charge in [-0.3, -0.25) is 19.2 Å². The van der Waals surface area contributed by atoms with Crippen molar-refractivity contribution in [3.05, 3.63) is 0 Å². The summed E-state index contributed by atoms with van der Waals surface area (Å²) in [4.78, 5) is 61.0. The van der Waals surface area contributed by atoms with Crippen LogP contribution in [0.1, 0.15) is 32.6 Å². The van der Waals surface area contributed by atoms with Crippen LogP contribution < -0.4 is 16.4 Å². The highest BCUT2D eigenvalue weighted by atomic mass is 32.2. The molecule has 1 saturated heterocycles. The van der Waals surface area contributed by atoms with Gasteiger partial charge in [-0.25, -0.2) is 4.79 Å². The summed E-state index contributed by atoms with van der Waals surface area (Å²) in [6.07, 6.45) is 0.813. The number of nitrogens with one attached hydrogen (secondary N) is 2. The number of likely N-dealkylation sites (tertiary alicyclic amines) is 1. The minimum atomic E-state index is -1.65. The van der Waals surface area contributed by atoms with Crippen molar-refractivity contribution in [3.63, 3.8) is 0 Å². The van der Waals surface area contributed by atoms with Gasteiger partial charge in [0.15, 0.2) is 0 Å². The van der Waals surface area contributed by atoms with Crippen molar-refractivity contribution in [3.8, 4) is 0 Å². The maximum atomic E-state index is 13.0. The van der Waals surface area contributed by atoms with E-state index >= 15 is 0 Å². The summed E-state index contributed by atoms with van der Waals surface area (Å²) in [5.74, 6) is -4.41. The van der Waals surface area contributed by atoms with Crippen molar-refractivity contribution in [2.24, 2.45) is 5.73 Å². The number of carbonyl (C=O) groups excluding carboxylic acids is 3. The number of aliphatic hydroxyl groups is 1. The first-order valence-electron chi connectivity index (χ1n) is 9.78. The number of amides is 3. The Balaban J connectivity index is 2.89. The lowest BCUT2D eigenvalue weighted by Gasteiger charge is -2.31. The van der Waals surface area contributed by atoms with E-state index in [4.69, 9.17) is 15.9 Å². The fourth-order valence-electron chi connectivity index (χ4n) is 3.15. The average molecular weight is 463 g/mol. The summed E-state index contributed by atoms with van der Waals surface area (Å²) in [7, 11) is 0. The minimum Gasteiger partial charge on any atom is -0.481 e. The lowest BCUT2D eigenvalue weighted by molar-refractivity contribution is -0.149. The highest BCUT2D eigenvalue weighted by Crippen LogP contribution is 2.20. The molecule has 31 heavy (non-hydrogen) atoms. The van der Waals surface area contributed by atoms with Crippen LogP contribution in [0, 0.1) is 0 Å². The number of nitrogens with two attached hydrogens (primary N) is 1. The fourth-order valence-corrected chi connectivity index (χ4v) is 3.64. The molecule has 1 aliphatic heterocycles. The van der Waals surface area contributed by atoms with E-state index in [0.717, 1.165) is 4.90 Å². The van der Waals surface area contributed by atoms with Crippen molar-refractivity contribution in [1.82, 2.24) is 15.5 Å². The van der Waals surface area contributed by atoms with Crippen molar-refractivity contribution in [2.45, 2.75) is 62.9 Å². The summed E-state index contributed by atoms with van der Waals surface area (Å²) in [6.45, 7) is 1.47. The molecule has 0 saturated carbocycles. The van der Waals surface area contributed by atoms with E-state index in [1.165, 1.54) is 18.7 Å². The monoisotopic (exact) mass is 462 g/mol. The Labute approximate surface area is 183 Å². The quantitative estimate of drug-likeness (QED) is 0.188. The Kier molecular flexibility index (Phi) is 10.7. The SMILES string of the molecule is CSCCC(N)C(=O)NC(C(=O)N1CCCC1C(=O)NC(CC(=O)O)C(=O)O)C(C)O. The van der Waals surface area contributed by atoms with Gasteiger partial charge in [0.2, 0.25) is 17.7 Å². The van der Waals surface area contributed by atoms with E-state index in [0.29, 0.717) is 18.6 Å². The third-order valence-corrected chi connectivity index (χ3v) is 5.49. The van der Waals surface area contributed by atoms with Crippen molar-refractivity contribution in [2.75, 3.05) is 18.6 Å². The molecule has 1 aliphatic rings. The fraction of sp³-hybridized carbons (Fsp3) is 0.722. The standard InChI is InChI=1S/C18H30N4O8S/c1-9(23)14(21-15(26)10(19)5-7-31-2)17(28)22-6-3-4-12(22)16(27)20-11(18(29)30)8-13(24)25/h9-12,14,23H,3-8,19H2,1-2H3,(H,20,27)(H,21,26)(H,24,25)(H,29,30). The summed E-state index contributed by atoms with van der Waals surface area (Å²) >= 11 is 1.51. The lowest BCUT2D eigenvalue weighted by Crippen LogP contribution is -2.59. The molecule has 1 heterocycles. The Hall–Kier alpha value is -2.38. The molecule has 3 amide bonds. The number of aliphatic hydroxyl groups excluding tert-OH is 1. The molecule has 13 heteroatoms. The Bertz CT molecular complexity index is 689. The summed E-state index contributed by atoms with van der Waals surface area (Å²) < 4.78 is 0. The molecule has 1 fully saturated rings. The van der Waals surface area contributed by atoms with Gasteiger partial charge in [-0.1, -0.05) is 0 Å². The van der Waals surface area contributed by atoms with E-state index in [9.17, 15) is 29.1 Å². The van der Waals surface area contributed by atoms with Crippen LogP contribution >= 0.6 is 11.8 Å². The van der Waals surface area contributed by atoms with Crippen LogP contribution in [0.2, 0.25) is 0 Å². The predicted molar refractivity (Wildman–Crippen MR) is 111 cm³/mol. The second kappa shape index (κ2) is 12.5. The molecule has 1 rings (SSSR count). The van der Waals surface area contributed by atoms with Gasteiger partial charge >= 0.3 is 11.9 Å². The van der Waals surface area contributed by atoms with Crippen LogP contribution in [0.5, 0.6) is 0 Å². The summed E-state index contributed by atoms with van der Waals surface area (Å²) in [6, 6.07) is -4.90. The van der Waals surface area contributed by atoms with Crippen molar-refractivity contribution >= 4 is 41.4 Å². The van der Waals surface area contributed by atoms with Crippen LogP contribution in [0.3, 0.4) is 0 Å². The van der Waals surface area contributed by atoms with Gasteiger partial charge < -0.3 is 36.6 Å².